The minimum Gasteiger partial charge on any atom is -0.419 e. The molecule has 0 aliphatic rings. The highest BCUT2D eigenvalue weighted by Crippen LogP contribution is 2.19. The Balaban J connectivity index is 1.45. The summed E-state index contributed by atoms with van der Waals surface area (Å²) in [6.07, 6.45) is 1.69. The topological polar surface area (TPSA) is 59.2 Å². The van der Waals surface area contributed by atoms with Crippen LogP contribution in [0.15, 0.2) is 89.3 Å². The molecule has 0 N–H and O–H groups in total. The zero-order valence-corrected chi connectivity index (χ0v) is 16.9. The summed E-state index contributed by atoms with van der Waals surface area (Å²) in [4.78, 5) is 14.7. The molecule has 0 radical (unpaired) electrons. The van der Waals surface area contributed by atoms with Crippen LogP contribution >= 0.6 is 0 Å². The van der Waals surface area contributed by atoms with Crippen molar-refractivity contribution >= 4 is 5.91 Å². The summed E-state index contributed by atoms with van der Waals surface area (Å²) >= 11 is 0. The van der Waals surface area contributed by atoms with E-state index in [1.807, 2.05) is 72.8 Å². The summed E-state index contributed by atoms with van der Waals surface area (Å²) in [6.45, 7) is 0.256. The fourth-order valence-corrected chi connectivity index (χ4v) is 3.37. The first-order chi connectivity index (χ1) is 14.7. The van der Waals surface area contributed by atoms with Crippen molar-refractivity contribution in [2.24, 2.45) is 0 Å². The number of hydrogen-bond acceptors (Lipinski definition) is 4. The molecule has 0 saturated carbocycles. The first-order valence-electron chi connectivity index (χ1n) is 9.96. The molecule has 30 heavy (non-hydrogen) atoms. The summed E-state index contributed by atoms with van der Waals surface area (Å²) < 4.78 is 5.75. The van der Waals surface area contributed by atoms with Gasteiger partial charge in [0.1, 0.15) is 0 Å². The first-order valence-corrected chi connectivity index (χ1v) is 9.96. The van der Waals surface area contributed by atoms with Gasteiger partial charge in [0, 0.05) is 18.2 Å². The number of carbonyl (C=O) groups is 1. The lowest BCUT2D eigenvalue weighted by atomic mass is 9.99. The molecule has 1 heterocycles. The van der Waals surface area contributed by atoms with Gasteiger partial charge < -0.3 is 9.32 Å². The van der Waals surface area contributed by atoms with E-state index in [1.54, 1.807) is 11.9 Å². The molecule has 3 aromatic carbocycles. The van der Waals surface area contributed by atoms with Crippen LogP contribution in [0, 0.1) is 0 Å². The van der Waals surface area contributed by atoms with E-state index in [-0.39, 0.29) is 12.5 Å². The number of amides is 1. The Kier molecular flexibility index (Phi) is 5.99. The van der Waals surface area contributed by atoms with Gasteiger partial charge in [0.25, 0.3) is 5.91 Å². The largest absolute Gasteiger partial charge is 0.419 e. The Bertz CT molecular complexity index is 1110. The van der Waals surface area contributed by atoms with Crippen molar-refractivity contribution in [3.63, 3.8) is 0 Å². The van der Waals surface area contributed by atoms with Crippen LogP contribution in [0.5, 0.6) is 0 Å². The van der Waals surface area contributed by atoms with Crippen LogP contribution < -0.4 is 0 Å². The van der Waals surface area contributed by atoms with Crippen LogP contribution in [0.2, 0.25) is 0 Å². The van der Waals surface area contributed by atoms with E-state index in [1.165, 1.54) is 5.56 Å². The smallest absolute Gasteiger partial charge is 0.254 e. The van der Waals surface area contributed by atoms with E-state index < -0.39 is 0 Å². The molecule has 1 amide bonds. The number of hydrogen-bond donors (Lipinski definition) is 0. The Morgan fingerprint density at radius 2 is 1.50 bits per heavy atom. The minimum absolute atomic E-state index is 0.0573. The average Bonchev–Trinajstić information content (AvgIpc) is 3.27. The van der Waals surface area contributed by atoms with Gasteiger partial charge in [-0.05, 0) is 42.2 Å². The molecule has 1 aromatic heterocycles. The molecule has 5 nitrogen and oxygen atoms in total. The molecule has 0 fully saturated rings. The molecule has 0 unspecified atom stereocenters. The monoisotopic (exact) mass is 397 g/mol. The van der Waals surface area contributed by atoms with Gasteiger partial charge in [0.05, 0.1) is 6.54 Å². The molecule has 0 bridgehead atoms. The van der Waals surface area contributed by atoms with E-state index in [9.17, 15) is 4.79 Å². The fraction of sp³-hybridized carbons (Fsp3) is 0.160. The number of nitrogens with zero attached hydrogens (tertiary/aromatic N) is 3. The highest BCUT2D eigenvalue weighted by molar-refractivity contribution is 5.95. The Labute approximate surface area is 176 Å². The van der Waals surface area contributed by atoms with Crippen LogP contribution in [-0.2, 0) is 19.4 Å². The van der Waals surface area contributed by atoms with Crippen LogP contribution in [0.1, 0.15) is 27.4 Å². The second kappa shape index (κ2) is 9.18. The van der Waals surface area contributed by atoms with Crippen molar-refractivity contribution in [1.29, 1.82) is 0 Å². The van der Waals surface area contributed by atoms with Gasteiger partial charge in [-0.15, -0.1) is 10.2 Å². The van der Waals surface area contributed by atoms with Crippen molar-refractivity contribution in [2.45, 2.75) is 19.4 Å². The minimum atomic E-state index is -0.0573. The zero-order valence-electron chi connectivity index (χ0n) is 16.9. The van der Waals surface area contributed by atoms with Crippen molar-refractivity contribution < 1.29 is 9.21 Å². The quantitative estimate of drug-likeness (QED) is 0.450. The summed E-state index contributed by atoms with van der Waals surface area (Å²) in [5.41, 5.74) is 3.86. The van der Waals surface area contributed by atoms with E-state index in [2.05, 4.69) is 22.3 Å². The molecule has 0 saturated heterocycles. The third-order valence-electron chi connectivity index (χ3n) is 4.98. The van der Waals surface area contributed by atoms with Gasteiger partial charge in [-0.25, -0.2) is 0 Å². The number of rotatable bonds is 7. The lowest BCUT2D eigenvalue weighted by Gasteiger charge is -2.17. The summed E-state index contributed by atoms with van der Waals surface area (Å²) in [5, 5.41) is 8.19. The Hall–Kier alpha value is -3.73. The fourth-order valence-electron chi connectivity index (χ4n) is 3.37. The van der Waals surface area contributed by atoms with E-state index >= 15 is 0 Å². The van der Waals surface area contributed by atoms with Gasteiger partial charge in [-0.2, -0.15) is 0 Å². The molecule has 150 valence electrons. The molecule has 5 heteroatoms. The Morgan fingerprint density at radius 3 is 2.27 bits per heavy atom. The number of aryl methyl sites for hydroxylation is 2. The van der Waals surface area contributed by atoms with Gasteiger partial charge in [-0.3, -0.25) is 4.79 Å². The van der Waals surface area contributed by atoms with E-state index in [0.717, 1.165) is 24.0 Å². The highest BCUT2D eigenvalue weighted by atomic mass is 16.4. The maximum atomic E-state index is 13.1. The summed E-state index contributed by atoms with van der Waals surface area (Å²) in [6, 6.07) is 27.7. The average molecular weight is 397 g/mol. The van der Waals surface area contributed by atoms with E-state index in [4.69, 9.17) is 4.42 Å². The number of carbonyl (C=O) groups excluding carboxylic acids is 1. The third-order valence-corrected chi connectivity index (χ3v) is 4.98. The maximum Gasteiger partial charge on any atom is 0.254 e. The van der Waals surface area contributed by atoms with Gasteiger partial charge >= 0.3 is 0 Å². The molecule has 4 rings (SSSR count). The number of aromatic nitrogens is 2. The SMILES string of the molecule is CN(Cc1nnc(-c2ccccc2)o1)C(=O)c1ccccc1CCc1ccccc1. The van der Waals surface area contributed by atoms with Crippen molar-refractivity contribution in [2.75, 3.05) is 7.05 Å². The van der Waals surface area contributed by atoms with Crippen LogP contribution in [0.3, 0.4) is 0 Å². The molecule has 0 aliphatic heterocycles. The maximum absolute atomic E-state index is 13.1. The van der Waals surface area contributed by atoms with Crippen molar-refractivity contribution in [3.05, 3.63) is 108 Å². The van der Waals surface area contributed by atoms with Gasteiger partial charge in [0.2, 0.25) is 11.8 Å². The molecule has 0 aliphatic carbocycles. The summed E-state index contributed by atoms with van der Waals surface area (Å²) in [5.74, 6) is 0.805. The van der Waals surface area contributed by atoms with Crippen molar-refractivity contribution in [1.82, 2.24) is 15.1 Å². The lowest BCUT2D eigenvalue weighted by molar-refractivity contribution is 0.0772. The van der Waals surface area contributed by atoms with Crippen LogP contribution in [-0.4, -0.2) is 28.1 Å². The summed E-state index contributed by atoms with van der Waals surface area (Å²) in [7, 11) is 1.75. The van der Waals surface area contributed by atoms with Crippen LogP contribution in [0.4, 0.5) is 0 Å². The van der Waals surface area contributed by atoms with Crippen molar-refractivity contribution in [3.8, 4) is 11.5 Å². The highest BCUT2D eigenvalue weighted by Gasteiger charge is 2.18. The number of benzene rings is 3. The third kappa shape index (κ3) is 4.63. The normalized spacial score (nSPS) is 10.7. The van der Waals surface area contributed by atoms with Gasteiger partial charge in [0.15, 0.2) is 0 Å². The Morgan fingerprint density at radius 1 is 0.833 bits per heavy atom. The second-order valence-electron chi connectivity index (χ2n) is 7.17. The lowest BCUT2D eigenvalue weighted by Crippen LogP contribution is -2.27. The first kappa shape index (κ1) is 19.6. The molecule has 4 aromatic rings. The van der Waals surface area contributed by atoms with Gasteiger partial charge in [-0.1, -0.05) is 66.7 Å². The second-order valence-corrected chi connectivity index (χ2v) is 7.17. The molecular formula is C25H23N3O2. The predicted octanol–water partition coefficient (Wildman–Crippen LogP) is 4.79. The molecule has 0 atom stereocenters. The molecule has 0 spiro atoms. The zero-order chi connectivity index (χ0) is 20.8. The predicted molar refractivity (Wildman–Crippen MR) is 116 cm³/mol. The standard InChI is InChI=1S/C25H23N3O2/c1-28(18-23-26-27-24(30-23)21-13-6-3-7-14-21)25(29)22-15-9-8-12-20(22)17-16-19-10-4-2-5-11-19/h2-15H,16-18H2,1H3. The molecular weight excluding hydrogens is 374 g/mol. The van der Waals surface area contributed by atoms with Crippen LogP contribution in [0.25, 0.3) is 11.5 Å². The van der Waals surface area contributed by atoms with E-state index in [0.29, 0.717) is 17.3 Å².